The smallest absolute Gasteiger partial charge is 0.0458 e. The molecule has 2 aliphatic rings. The van der Waals surface area contributed by atoms with Gasteiger partial charge in [0.1, 0.15) is 0 Å². The summed E-state index contributed by atoms with van der Waals surface area (Å²) in [6, 6.07) is 0. The standard InChI is InChI=1S/C16H33N3/c1-14(2)15-6-4-10-19(11-7-15)16(12-17)8-5-9-18(3)13-16/h14-15H,4-13,17H2,1-3H3. The molecule has 19 heavy (non-hydrogen) atoms. The van der Waals surface area contributed by atoms with Crippen molar-refractivity contribution in [3.63, 3.8) is 0 Å². The van der Waals surface area contributed by atoms with Crippen LogP contribution in [0, 0.1) is 11.8 Å². The van der Waals surface area contributed by atoms with Crippen molar-refractivity contribution in [1.82, 2.24) is 9.80 Å². The van der Waals surface area contributed by atoms with Crippen LogP contribution < -0.4 is 5.73 Å². The second kappa shape index (κ2) is 6.55. The van der Waals surface area contributed by atoms with Crippen LogP contribution in [0.3, 0.4) is 0 Å². The van der Waals surface area contributed by atoms with E-state index in [-0.39, 0.29) is 5.54 Å². The lowest BCUT2D eigenvalue weighted by Gasteiger charge is -2.48. The molecule has 0 spiro atoms. The minimum Gasteiger partial charge on any atom is -0.329 e. The Balaban J connectivity index is 2.02. The van der Waals surface area contributed by atoms with Crippen LogP contribution in [0.25, 0.3) is 0 Å². The first kappa shape index (κ1) is 15.3. The number of likely N-dealkylation sites (tertiary alicyclic amines) is 2. The van der Waals surface area contributed by atoms with Gasteiger partial charge in [-0.05, 0) is 70.6 Å². The summed E-state index contributed by atoms with van der Waals surface area (Å²) in [5.74, 6) is 1.75. The van der Waals surface area contributed by atoms with E-state index < -0.39 is 0 Å². The quantitative estimate of drug-likeness (QED) is 0.850. The normalized spacial score (nSPS) is 35.5. The molecule has 0 aromatic heterocycles. The largest absolute Gasteiger partial charge is 0.329 e. The molecule has 2 atom stereocenters. The van der Waals surface area contributed by atoms with Crippen LogP contribution in [-0.4, -0.2) is 55.1 Å². The van der Waals surface area contributed by atoms with Crippen LogP contribution in [-0.2, 0) is 0 Å². The summed E-state index contributed by atoms with van der Waals surface area (Å²) in [6.07, 6.45) is 6.72. The van der Waals surface area contributed by atoms with Crippen LogP contribution >= 0.6 is 0 Å². The molecule has 2 aliphatic heterocycles. The van der Waals surface area contributed by atoms with Gasteiger partial charge in [-0.3, -0.25) is 4.90 Å². The summed E-state index contributed by atoms with van der Waals surface area (Å²) < 4.78 is 0. The molecular weight excluding hydrogens is 234 g/mol. The number of piperidine rings is 1. The molecule has 2 fully saturated rings. The summed E-state index contributed by atoms with van der Waals surface area (Å²) in [7, 11) is 2.25. The Morgan fingerprint density at radius 2 is 1.95 bits per heavy atom. The maximum absolute atomic E-state index is 6.21. The topological polar surface area (TPSA) is 32.5 Å². The van der Waals surface area contributed by atoms with Crippen LogP contribution in [0.5, 0.6) is 0 Å². The van der Waals surface area contributed by atoms with Crippen LogP contribution in [0.1, 0.15) is 46.0 Å². The van der Waals surface area contributed by atoms with E-state index in [2.05, 4.69) is 30.7 Å². The van der Waals surface area contributed by atoms with Crippen molar-refractivity contribution in [3.05, 3.63) is 0 Å². The van der Waals surface area contributed by atoms with Crippen molar-refractivity contribution in [2.24, 2.45) is 17.6 Å². The molecule has 2 unspecified atom stereocenters. The minimum absolute atomic E-state index is 0.263. The zero-order chi connectivity index (χ0) is 13.9. The monoisotopic (exact) mass is 267 g/mol. The first-order valence-corrected chi connectivity index (χ1v) is 8.21. The number of hydrogen-bond donors (Lipinski definition) is 1. The molecule has 0 aromatic carbocycles. The van der Waals surface area contributed by atoms with Gasteiger partial charge in [-0.1, -0.05) is 13.8 Å². The highest BCUT2D eigenvalue weighted by molar-refractivity contribution is 4.97. The highest BCUT2D eigenvalue weighted by Crippen LogP contribution is 2.32. The fourth-order valence-corrected chi connectivity index (χ4v) is 4.16. The predicted octanol–water partition coefficient (Wildman–Crippen LogP) is 2.17. The van der Waals surface area contributed by atoms with E-state index in [0.29, 0.717) is 0 Å². The van der Waals surface area contributed by atoms with Gasteiger partial charge in [-0.2, -0.15) is 0 Å². The van der Waals surface area contributed by atoms with E-state index in [1.54, 1.807) is 0 Å². The number of likely N-dealkylation sites (N-methyl/N-ethyl adjacent to an activating group) is 1. The molecule has 0 aromatic rings. The molecule has 2 N–H and O–H groups in total. The summed E-state index contributed by atoms with van der Waals surface area (Å²) in [5.41, 5.74) is 6.47. The van der Waals surface area contributed by atoms with Crippen molar-refractivity contribution >= 4 is 0 Å². The third kappa shape index (κ3) is 3.50. The molecule has 112 valence electrons. The highest BCUT2D eigenvalue weighted by atomic mass is 15.3. The van der Waals surface area contributed by atoms with E-state index in [0.717, 1.165) is 24.9 Å². The average Bonchev–Trinajstić information content (AvgIpc) is 2.64. The second-order valence-electron chi connectivity index (χ2n) is 7.19. The maximum atomic E-state index is 6.21. The third-order valence-corrected chi connectivity index (χ3v) is 5.51. The Labute approximate surface area is 119 Å². The van der Waals surface area contributed by atoms with Gasteiger partial charge in [0.2, 0.25) is 0 Å². The van der Waals surface area contributed by atoms with Gasteiger partial charge in [0.05, 0.1) is 0 Å². The van der Waals surface area contributed by atoms with Crippen LogP contribution in [0.4, 0.5) is 0 Å². The predicted molar refractivity (Wildman–Crippen MR) is 82.3 cm³/mol. The van der Waals surface area contributed by atoms with Gasteiger partial charge in [-0.15, -0.1) is 0 Å². The SMILES string of the molecule is CC(C)C1CCCN(C2(CN)CCCN(C)C2)CC1. The summed E-state index contributed by atoms with van der Waals surface area (Å²) in [5, 5.41) is 0. The van der Waals surface area contributed by atoms with Gasteiger partial charge in [0.25, 0.3) is 0 Å². The Morgan fingerprint density at radius 1 is 1.16 bits per heavy atom. The maximum Gasteiger partial charge on any atom is 0.0458 e. The zero-order valence-electron chi connectivity index (χ0n) is 13.2. The first-order chi connectivity index (χ1) is 9.07. The molecular formula is C16H33N3. The van der Waals surface area contributed by atoms with E-state index >= 15 is 0 Å². The van der Waals surface area contributed by atoms with Crippen molar-refractivity contribution in [2.45, 2.75) is 51.5 Å². The fourth-order valence-electron chi connectivity index (χ4n) is 4.16. The number of nitrogens with zero attached hydrogens (tertiary/aromatic N) is 2. The summed E-state index contributed by atoms with van der Waals surface area (Å²) >= 11 is 0. The number of hydrogen-bond acceptors (Lipinski definition) is 3. The molecule has 0 aliphatic carbocycles. The van der Waals surface area contributed by atoms with Crippen molar-refractivity contribution in [3.8, 4) is 0 Å². The van der Waals surface area contributed by atoms with Gasteiger partial charge in [0.15, 0.2) is 0 Å². The van der Waals surface area contributed by atoms with Crippen molar-refractivity contribution in [2.75, 3.05) is 39.8 Å². The van der Waals surface area contributed by atoms with E-state index in [4.69, 9.17) is 5.73 Å². The van der Waals surface area contributed by atoms with E-state index in [9.17, 15) is 0 Å². The van der Waals surface area contributed by atoms with Crippen LogP contribution in [0.15, 0.2) is 0 Å². The molecule has 2 rings (SSSR count). The van der Waals surface area contributed by atoms with Gasteiger partial charge in [0, 0.05) is 18.6 Å². The van der Waals surface area contributed by atoms with E-state index in [1.165, 1.54) is 51.7 Å². The molecule has 0 radical (unpaired) electrons. The van der Waals surface area contributed by atoms with Gasteiger partial charge < -0.3 is 10.6 Å². The molecule has 0 amide bonds. The average molecular weight is 267 g/mol. The molecule has 2 heterocycles. The Hall–Kier alpha value is -0.120. The second-order valence-corrected chi connectivity index (χ2v) is 7.19. The van der Waals surface area contributed by atoms with E-state index in [1.807, 2.05) is 0 Å². The zero-order valence-corrected chi connectivity index (χ0v) is 13.2. The molecule has 2 saturated heterocycles. The molecule has 3 nitrogen and oxygen atoms in total. The number of rotatable bonds is 3. The van der Waals surface area contributed by atoms with Crippen LogP contribution in [0.2, 0.25) is 0 Å². The lowest BCUT2D eigenvalue weighted by atomic mass is 9.86. The Kier molecular flexibility index (Phi) is 5.27. The van der Waals surface area contributed by atoms with Crippen molar-refractivity contribution < 1.29 is 0 Å². The fraction of sp³-hybridized carbons (Fsp3) is 1.00. The minimum atomic E-state index is 0.263. The van der Waals surface area contributed by atoms with Gasteiger partial charge in [-0.25, -0.2) is 0 Å². The van der Waals surface area contributed by atoms with Crippen molar-refractivity contribution in [1.29, 1.82) is 0 Å². The molecule has 3 heteroatoms. The lowest BCUT2D eigenvalue weighted by Crippen LogP contribution is -2.62. The Morgan fingerprint density at radius 3 is 2.58 bits per heavy atom. The third-order valence-electron chi connectivity index (χ3n) is 5.51. The lowest BCUT2D eigenvalue weighted by molar-refractivity contribution is 0.0270. The highest BCUT2D eigenvalue weighted by Gasteiger charge is 2.39. The summed E-state index contributed by atoms with van der Waals surface area (Å²) in [6.45, 7) is 10.5. The summed E-state index contributed by atoms with van der Waals surface area (Å²) in [4.78, 5) is 5.21. The number of nitrogens with two attached hydrogens (primary N) is 1. The van der Waals surface area contributed by atoms with Gasteiger partial charge >= 0.3 is 0 Å². The molecule has 0 bridgehead atoms. The molecule has 0 saturated carbocycles. The Bertz CT molecular complexity index is 279. The first-order valence-electron chi connectivity index (χ1n) is 8.21.